The van der Waals surface area contributed by atoms with Gasteiger partial charge in [0.05, 0.1) is 34.4 Å². The molecular weight excluding hydrogens is 911 g/mol. The molecule has 73 heavy (non-hydrogen) atoms. The van der Waals surface area contributed by atoms with Gasteiger partial charge in [-0.3, -0.25) is 9.59 Å². The SMILES string of the molecule is CCCCCCC/C=C\C/C=C\C/C=C\CCCCCCCCCCCCC(=O)OC(COC(=O)CCCCCCCCCCCCC/C=C\CCCCCCCCCC)COC(OCC[N+](C)(C)C)C(=O)O. The number of hydrogen-bond donors (Lipinski definition) is 1. The summed E-state index contributed by atoms with van der Waals surface area (Å²) in [6.07, 6.45) is 66.2. The highest BCUT2D eigenvalue weighted by Crippen LogP contribution is 2.16. The third-order valence-corrected chi connectivity index (χ3v) is 13.6. The lowest BCUT2D eigenvalue weighted by molar-refractivity contribution is -0.870. The lowest BCUT2D eigenvalue weighted by atomic mass is 10.0. The number of likely N-dealkylation sites (N-methyl/N-ethyl adjacent to an activating group) is 1. The van der Waals surface area contributed by atoms with Crippen LogP contribution in [0.25, 0.3) is 0 Å². The molecule has 426 valence electrons. The molecule has 9 heteroatoms. The number of rotatable bonds is 57. The second-order valence-corrected chi connectivity index (χ2v) is 22.0. The number of hydrogen-bond acceptors (Lipinski definition) is 7. The molecule has 0 heterocycles. The van der Waals surface area contributed by atoms with Crippen molar-refractivity contribution in [2.75, 3.05) is 47.5 Å². The van der Waals surface area contributed by atoms with Gasteiger partial charge in [-0.1, -0.05) is 242 Å². The zero-order valence-electron chi connectivity index (χ0n) is 48.6. The number of carboxylic acids is 1. The molecule has 0 aromatic carbocycles. The van der Waals surface area contributed by atoms with Crippen molar-refractivity contribution in [1.29, 1.82) is 0 Å². The van der Waals surface area contributed by atoms with Gasteiger partial charge in [-0.05, 0) is 77.0 Å². The average Bonchev–Trinajstić information content (AvgIpc) is 3.36. The largest absolute Gasteiger partial charge is 0.477 e. The van der Waals surface area contributed by atoms with Crippen LogP contribution in [0, 0.1) is 0 Å². The van der Waals surface area contributed by atoms with Crippen LogP contribution in [-0.2, 0) is 33.3 Å². The monoisotopic (exact) mass is 1030 g/mol. The van der Waals surface area contributed by atoms with Gasteiger partial charge in [0.25, 0.3) is 6.29 Å². The van der Waals surface area contributed by atoms with Crippen molar-refractivity contribution in [2.45, 2.75) is 296 Å². The Hall–Kier alpha value is -2.75. The highest BCUT2D eigenvalue weighted by Gasteiger charge is 2.25. The number of esters is 2. The zero-order chi connectivity index (χ0) is 53.4. The lowest BCUT2D eigenvalue weighted by Crippen LogP contribution is -2.40. The molecule has 0 fully saturated rings. The van der Waals surface area contributed by atoms with Gasteiger partial charge in [0, 0.05) is 12.8 Å². The molecule has 0 radical (unpaired) electrons. The Kier molecular flexibility index (Phi) is 53.4. The minimum absolute atomic E-state index is 0.183. The summed E-state index contributed by atoms with van der Waals surface area (Å²) in [7, 11) is 5.97. The molecule has 0 aromatic heterocycles. The molecule has 0 saturated carbocycles. The minimum Gasteiger partial charge on any atom is -0.477 e. The van der Waals surface area contributed by atoms with E-state index in [0.29, 0.717) is 17.4 Å². The molecular formula is C64H118NO8+. The van der Waals surface area contributed by atoms with Crippen molar-refractivity contribution in [3.63, 3.8) is 0 Å². The highest BCUT2D eigenvalue weighted by molar-refractivity contribution is 5.71. The maximum absolute atomic E-state index is 12.9. The van der Waals surface area contributed by atoms with Crippen molar-refractivity contribution < 1.29 is 42.9 Å². The fraction of sp³-hybridized carbons (Fsp3) is 0.828. The Morgan fingerprint density at radius 3 is 1.11 bits per heavy atom. The Morgan fingerprint density at radius 2 is 0.740 bits per heavy atom. The number of carbonyl (C=O) groups is 3. The van der Waals surface area contributed by atoms with Gasteiger partial charge in [-0.25, -0.2) is 4.79 Å². The second-order valence-electron chi connectivity index (χ2n) is 22.0. The van der Waals surface area contributed by atoms with Crippen molar-refractivity contribution in [2.24, 2.45) is 0 Å². The first-order valence-corrected chi connectivity index (χ1v) is 30.8. The van der Waals surface area contributed by atoms with Gasteiger partial charge >= 0.3 is 17.9 Å². The lowest BCUT2D eigenvalue weighted by Gasteiger charge is -2.25. The molecule has 0 aliphatic heterocycles. The molecule has 0 aliphatic carbocycles. The second kappa shape index (κ2) is 55.5. The van der Waals surface area contributed by atoms with Gasteiger partial charge in [-0.2, -0.15) is 0 Å². The molecule has 0 aromatic rings. The normalized spacial score (nSPS) is 13.1. The molecule has 0 amide bonds. The van der Waals surface area contributed by atoms with Gasteiger partial charge in [0.1, 0.15) is 13.2 Å². The van der Waals surface area contributed by atoms with Crippen LogP contribution in [0.2, 0.25) is 0 Å². The van der Waals surface area contributed by atoms with E-state index in [1.807, 2.05) is 21.1 Å². The molecule has 0 spiro atoms. The minimum atomic E-state index is -1.51. The van der Waals surface area contributed by atoms with Crippen molar-refractivity contribution in [3.8, 4) is 0 Å². The summed E-state index contributed by atoms with van der Waals surface area (Å²) in [6.45, 7) is 4.89. The number of carbonyl (C=O) groups excluding carboxylic acids is 2. The van der Waals surface area contributed by atoms with E-state index in [-0.39, 0.29) is 32.2 Å². The highest BCUT2D eigenvalue weighted by atomic mass is 16.7. The Bertz CT molecular complexity index is 1340. The first-order chi connectivity index (χ1) is 35.6. The van der Waals surface area contributed by atoms with Crippen molar-refractivity contribution in [3.05, 3.63) is 48.6 Å². The molecule has 9 nitrogen and oxygen atoms in total. The topological polar surface area (TPSA) is 108 Å². The first-order valence-electron chi connectivity index (χ1n) is 30.8. The van der Waals surface area contributed by atoms with E-state index >= 15 is 0 Å². The van der Waals surface area contributed by atoms with E-state index in [4.69, 9.17) is 18.9 Å². The summed E-state index contributed by atoms with van der Waals surface area (Å²) in [4.78, 5) is 37.5. The number of quaternary nitrogens is 1. The fourth-order valence-corrected chi connectivity index (χ4v) is 8.78. The third-order valence-electron chi connectivity index (χ3n) is 13.6. The van der Waals surface area contributed by atoms with Gasteiger partial charge in [0.15, 0.2) is 6.10 Å². The van der Waals surface area contributed by atoms with Crippen molar-refractivity contribution >= 4 is 17.9 Å². The molecule has 2 unspecified atom stereocenters. The van der Waals surface area contributed by atoms with E-state index in [2.05, 4.69) is 62.5 Å². The summed E-state index contributed by atoms with van der Waals surface area (Å²) in [6, 6.07) is 0. The van der Waals surface area contributed by atoms with Crippen LogP contribution in [0.15, 0.2) is 48.6 Å². The molecule has 0 bridgehead atoms. The summed E-state index contributed by atoms with van der Waals surface area (Å²) in [5.74, 6) is -2.00. The zero-order valence-corrected chi connectivity index (χ0v) is 48.6. The molecule has 0 rings (SSSR count). The smallest absolute Gasteiger partial charge is 0.361 e. The van der Waals surface area contributed by atoms with Crippen LogP contribution in [0.5, 0.6) is 0 Å². The Morgan fingerprint density at radius 1 is 0.411 bits per heavy atom. The van der Waals surface area contributed by atoms with E-state index < -0.39 is 24.3 Å². The van der Waals surface area contributed by atoms with E-state index in [1.165, 1.54) is 199 Å². The predicted molar refractivity (Wildman–Crippen MR) is 309 cm³/mol. The quantitative estimate of drug-likeness (QED) is 0.0211. The summed E-state index contributed by atoms with van der Waals surface area (Å²) in [5, 5.41) is 9.72. The number of carboxylic acid groups (broad SMARTS) is 1. The molecule has 0 saturated heterocycles. The van der Waals surface area contributed by atoms with Crippen LogP contribution in [0.3, 0.4) is 0 Å². The predicted octanol–water partition coefficient (Wildman–Crippen LogP) is 18.2. The van der Waals surface area contributed by atoms with Crippen molar-refractivity contribution in [1.82, 2.24) is 0 Å². The number of ether oxygens (including phenoxy) is 4. The standard InChI is InChI=1S/C64H117NO8/c1-6-8-10-12-14-16-18-20-22-24-26-28-30-31-33-35-37-39-41-43-45-47-49-51-53-55-62(67)73-60(59-72-64(63(68)69)70-57-56-65(3,4)5)58-71-61(66)54-52-50-48-46-44-42-40-38-36-34-32-29-27-25-23-21-19-17-15-13-11-9-7-2/h18,20,24-27,30-31,60,64H,6-17,19,21-23,28-29,32-59H2,1-5H3/p+1/b20-18-,26-24-,27-25-,31-30-. The van der Waals surface area contributed by atoms with Crippen LogP contribution < -0.4 is 0 Å². The van der Waals surface area contributed by atoms with Gasteiger partial charge in [0.2, 0.25) is 0 Å². The molecule has 2 atom stereocenters. The number of allylic oxidation sites excluding steroid dienone is 8. The van der Waals surface area contributed by atoms with E-state index in [1.54, 1.807) is 0 Å². The maximum Gasteiger partial charge on any atom is 0.361 e. The third kappa shape index (κ3) is 56.8. The Labute approximate surface area is 451 Å². The maximum atomic E-state index is 12.9. The van der Waals surface area contributed by atoms with Crippen LogP contribution in [0.1, 0.15) is 284 Å². The molecule has 1 N–H and O–H groups in total. The summed E-state index contributed by atoms with van der Waals surface area (Å²) >= 11 is 0. The fourth-order valence-electron chi connectivity index (χ4n) is 8.78. The van der Waals surface area contributed by atoms with Gasteiger partial charge in [-0.15, -0.1) is 0 Å². The first kappa shape index (κ1) is 70.2. The van der Waals surface area contributed by atoms with Crippen LogP contribution in [-0.4, -0.2) is 87.4 Å². The Balaban J connectivity index is 4.22. The number of aliphatic carboxylic acids is 1. The average molecular weight is 1030 g/mol. The summed E-state index contributed by atoms with van der Waals surface area (Å²) < 4.78 is 22.9. The number of nitrogens with zero attached hydrogens (tertiary/aromatic N) is 1. The summed E-state index contributed by atoms with van der Waals surface area (Å²) in [5.41, 5.74) is 0. The van der Waals surface area contributed by atoms with Crippen LogP contribution in [0.4, 0.5) is 0 Å². The molecule has 0 aliphatic rings. The van der Waals surface area contributed by atoms with E-state index in [9.17, 15) is 19.5 Å². The number of unbranched alkanes of at least 4 members (excludes halogenated alkanes) is 34. The van der Waals surface area contributed by atoms with Gasteiger partial charge < -0.3 is 28.5 Å². The van der Waals surface area contributed by atoms with E-state index in [0.717, 1.165) is 57.8 Å². The van der Waals surface area contributed by atoms with Crippen LogP contribution >= 0.6 is 0 Å².